The Kier molecular flexibility index (Phi) is 6.86. The van der Waals surface area contributed by atoms with Gasteiger partial charge in [0.1, 0.15) is 11.3 Å². The summed E-state index contributed by atoms with van der Waals surface area (Å²) >= 11 is 0. The van der Waals surface area contributed by atoms with Gasteiger partial charge < -0.3 is 20.3 Å². The molecule has 3 aromatic rings. The molecule has 0 aliphatic carbocycles. The molecular formula is C21H27N7O4. The molecule has 3 aromatic heterocycles. The molecule has 3 N–H and O–H groups in total. The average Bonchev–Trinajstić information content (AvgIpc) is 3.06. The van der Waals surface area contributed by atoms with E-state index < -0.39 is 5.97 Å². The number of oxime groups is 1. The second-order valence-corrected chi connectivity index (χ2v) is 7.77. The monoisotopic (exact) mass is 441 g/mol. The van der Waals surface area contributed by atoms with Crippen molar-refractivity contribution in [2.24, 2.45) is 23.9 Å². The Labute approximate surface area is 184 Å². The van der Waals surface area contributed by atoms with Crippen molar-refractivity contribution in [2.75, 3.05) is 6.61 Å². The Morgan fingerprint density at radius 3 is 2.75 bits per heavy atom. The Balaban J connectivity index is 2.18. The van der Waals surface area contributed by atoms with Crippen LogP contribution in [0.15, 0.2) is 22.2 Å². The minimum atomic E-state index is -0.602. The average molecular weight is 441 g/mol. The molecule has 3 heterocycles. The fourth-order valence-corrected chi connectivity index (χ4v) is 3.06. The highest BCUT2D eigenvalue weighted by Crippen LogP contribution is 2.28. The van der Waals surface area contributed by atoms with Gasteiger partial charge in [-0.2, -0.15) is 5.10 Å². The van der Waals surface area contributed by atoms with E-state index >= 15 is 0 Å². The van der Waals surface area contributed by atoms with Crippen molar-refractivity contribution in [3.63, 3.8) is 0 Å². The second kappa shape index (κ2) is 9.58. The molecule has 11 heteroatoms. The summed E-state index contributed by atoms with van der Waals surface area (Å²) in [6.45, 7) is 7.70. The van der Waals surface area contributed by atoms with Gasteiger partial charge in [-0.1, -0.05) is 32.3 Å². The summed E-state index contributed by atoms with van der Waals surface area (Å²) in [6, 6.07) is 1.63. The molecule has 3 rings (SSSR count). The highest BCUT2D eigenvalue weighted by atomic mass is 16.7. The molecule has 0 aromatic carbocycles. The van der Waals surface area contributed by atoms with Gasteiger partial charge in [-0.05, 0) is 18.4 Å². The van der Waals surface area contributed by atoms with Crippen molar-refractivity contribution < 1.29 is 14.4 Å². The fourth-order valence-electron chi connectivity index (χ4n) is 3.06. The van der Waals surface area contributed by atoms with E-state index in [9.17, 15) is 9.59 Å². The van der Waals surface area contributed by atoms with E-state index in [1.54, 1.807) is 17.8 Å². The van der Waals surface area contributed by atoms with Gasteiger partial charge in [0.15, 0.2) is 11.4 Å². The largest absolute Gasteiger partial charge is 0.477 e. The van der Waals surface area contributed by atoms with Crippen molar-refractivity contribution in [3.05, 3.63) is 33.9 Å². The van der Waals surface area contributed by atoms with Crippen LogP contribution >= 0.6 is 0 Å². The molecule has 0 saturated carbocycles. The Hall–Kier alpha value is -3.76. The Bertz CT molecular complexity index is 1230. The van der Waals surface area contributed by atoms with E-state index in [0.29, 0.717) is 23.3 Å². The number of fused-ring (bicyclic) bond motifs is 1. The topological polar surface area (TPSA) is 150 Å². The summed E-state index contributed by atoms with van der Waals surface area (Å²) in [5, 5.41) is 7.91. The van der Waals surface area contributed by atoms with Crippen molar-refractivity contribution >= 4 is 22.8 Å². The minimum absolute atomic E-state index is 0.0548. The number of nitrogens with two attached hydrogens (primary N) is 1. The van der Waals surface area contributed by atoms with Gasteiger partial charge in [-0.25, -0.2) is 14.8 Å². The summed E-state index contributed by atoms with van der Waals surface area (Å²) in [5.41, 5.74) is 8.02. The number of nitrogens with one attached hydrogen (secondary N) is 1. The van der Waals surface area contributed by atoms with Gasteiger partial charge in [0.05, 0.1) is 17.9 Å². The first-order valence-electron chi connectivity index (χ1n) is 10.3. The van der Waals surface area contributed by atoms with E-state index in [0.717, 1.165) is 18.5 Å². The van der Waals surface area contributed by atoms with Gasteiger partial charge in [0.2, 0.25) is 5.88 Å². The highest BCUT2D eigenvalue weighted by molar-refractivity contribution is 5.98. The first-order chi connectivity index (χ1) is 15.2. The maximum absolute atomic E-state index is 12.8. The predicted molar refractivity (Wildman–Crippen MR) is 119 cm³/mol. The van der Waals surface area contributed by atoms with Crippen molar-refractivity contribution in [3.8, 4) is 17.3 Å². The van der Waals surface area contributed by atoms with Crippen LogP contribution < -0.4 is 16.0 Å². The van der Waals surface area contributed by atoms with E-state index in [2.05, 4.69) is 30.0 Å². The van der Waals surface area contributed by atoms with Crippen LogP contribution in [0.2, 0.25) is 0 Å². The number of rotatable bonds is 8. The van der Waals surface area contributed by atoms with Gasteiger partial charge in [-0.15, -0.1) is 0 Å². The third-order valence-electron chi connectivity index (χ3n) is 4.52. The number of hydrogen-bond acceptors (Lipinski definition) is 8. The molecule has 32 heavy (non-hydrogen) atoms. The second-order valence-electron chi connectivity index (χ2n) is 7.77. The summed E-state index contributed by atoms with van der Waals surface area (Å²) < 4.78 is 7.54. The standard InChI is InChI=1S/C21H27N7O4/c1-6-7-15-16-17(26-28(15)5)20(30)25-19(24-16)14-8-13(18(22)27-32-12(4)29)9-23-21(14)31-10-11(2)3/h8-9,11H,6-7,10H2,1-5H3,(H2,22,27)(H,24,25,30). The molecule has 0 radical (unpaired) electrons. The van der Waals surface area contributed by atoms with E-state index in [1.807, 2.05) is 20.8 Å². The van der Waals surface area contributed by atoms with E-state index in [1.165, 1.54) is 13.1 Å². The number of aromatic amines is 1. The van der Waals surface area contributed by atoms with Crippen LogP contribution in [0.4, 0.5) is 0 Å². The zero-order valence-corrected chi connectivity index (χ0v) is 18.8. The maximum atomic E-state index is 12.8. The zero-order valence-electron chi connectivity index (χ0n) is 18.8. The molecular weight excluding hydrogens is 414 g/mol. The zero-order chi connectivity index (χ0) is 23.4. The maximum Gasteiger partial charge on any atom is 0.332 e. The molecule has 0 atom stereocenters. The third-order valence-corrected chi connectivity index (χ3v) is 4.52. The van der Waals surface area contributed by atoms with E-state index in [4.69, 9.17) is 10.5 Å². The number of ether oxygens (including phenoxy) is 1. The summed E-state index contributed by atoms with van der Waals surface area (Å²) in [4.78, 5) is 40.2. The number of aromatic nitrogens is 5. The molecule has 0 spiro atoms. The molecule has 0 aliphatic heterocycles. The normalized spacial score (nSPS) is 11.9. The summed E-state index contributed by atoms with van der Waals surface area (Å²) in [7, 11) is 1.79. The Morgan fingerprint density at radius 1 is 1.34 bits per heavy atom. The lowest BCUT2D eigenvalue weighted by Gasteiger charge is -2.13. The van der Waals surface area contributed by atoms with Crippen molar-refractivity contribution in [1.29, 1.82) is 0 Å². The van der Waals surface area contributed by atoms with Crippen LogP contribution in [-0.4, -0.2) is 43.1 Å². The van der Waals surface area contributed by atoms with Crippen LogP contribution in [0.5, 0.6) is 5.88 Å². The molecule has 0 fully saturated rings. The first kappa shape index (κ1) is 22.9. The van der Waals surface area contributed by atoms with Crippen LogP contribution in [0.25, 0.3) is 22.4 Å². The highest BCUT2D eigenvalue weighted by Gasteiger charge is 2.19. The van der Waals surface area contributed by atoms with Crippen molar-refractivity contribution in [1.82, 2.24) is 24.7 Å². The molecule has 0 aliphatic rings. The molecule has 11 nitrogen and oxygen atoms in total. The van der Waals surface area contributed by atoms with Gasteiger partial charge in [0, 0.05) is 25.7 Å². The van der Waals surface area contributed by atoms with Gasteiger partial charge in [-0.3, -0.25) is 9.48 Å². The quantitative estimate of drug-likeness (QED) is 0.233. The SMILES string of the molecule is CCCc1c2nc(-c3cc(/C(N)=N/OC(C)=O)cnc3OCC(C)C)[nH]c(=O)c2nn1C. The Morgan fingerprint density at radius 2 is 2.09 bits per heavy atom. The number of nitrogens with zero attached hydrogens (tertiary/aromatic N) is 5. The molecule has 0 unspecified atom stereocenters. The van der Waals surface area contributed by atoms with Gasteiger partial charge >= 0.3 is 5.97 Å². The third kappa shape index (κ3) is 4.93. The molecule has 0 saturated heterocycles. The number of hydrogen-bond donors (Lipinski definition) is 2. The van der Waals surface area contributed by atoms with Gasteiger partial charge in [0.25, 0.3) is 5.56 Å². The summed E-state index contributed by atoms with van der Waals surface area (Å²) in [5.74, 6) is 0.145. The number of aryl methyl sites for hydroxylation is 2. The number of pyridine rings is 1. The number of amidine groups is 1. The predicted octanol–water partition coefficient (Wildman–Crippen LogP) is 1.89. The van der Waals surface area contributed by atoms with Crippen LogP contribution in [0.3, 0.4) is 0 Å². The number of H-pyrrole nitrogens is 1. The summed E-state index contributed by atoms with van der Waals surface area (Å²) in [6.07, 6.45) is 3.05. The van der Waals surface area contributed by atoms with Crippen LogP contribution in [0, 0.1) is 5.92 Å². The van der Waals surface area contributed by atoms with Crippen molar-refractivity contribution in [2.45, 2.75) is 40.5 Å². The number of carbonyl (C=O) groups excluding carboxylic acids is 1. The first-order valence-corrected chi connectivity index (χ1v) is 10.3. The minimum Gasteiger partial charge on any atom is -0.477 e. The fraction of sp³-hybridized carbons (Fsp3) is 0.429. The smallest absolute Gasteiger partial charge is 0.332 e. The van der Waals surface area contributed by atoms with Crippen LogP contribution in [-0.2, 0) is 23.1 Å². The molecule has 170 valence electrons. The van der Waals surface area contributed by atoms with Crippen LogP contribution in [0.1, 0.15) is 45.4 Å². The lowest BCUT2D eigenvalue weighted by atomic mass is 10.1. The molecule has 0 amide bonds. The van der Waals surface area contributed by atoms with E-state index in [-0.39, 0.29) is 34.5 Å². The number of carbonyl (C=O) groups is 1. The lowest BCUT2D eigenvalue weighted by Crippen LogP contribution is -2.17. The molecule has 0 bridgehead atoms. The lowest BCUT2D eigenvalue weighted by molar-refractivity contribution is -0.140.